The Balaban J connectivity index is 2.56. The molecule has 0 aromatic heterocycles. The summed E-state index contributed by atoms with van der Waals surface area (Å²) in [6, 6.07) is 0. The first kappa shape index (κ1) is 14.9. The molecule has 5 nitrogen and oxygen atoms in total. The fourth-order valence-electron chi connectivity index (χ4n) is 2.05. The molecule has 5 atom stereocenters. The van der Waals surface area contributed by atoms with E-state index in [-0.39, 0.29) is 24.7 Å². The highest BCUT2D eigenvalue weighted by atomic mass is 16.6. The molecule has 3 unspecified atom stereocenters. The normalized spacial score (nSPS) is 38.6. The Morgan fingerprint density at radius 2 is 1.82 bits per heavy atom. The fourth-order valence-corrected chi connectivity index (χ4v) is 2.05. The van der Waals surface area contributed by atoms with Gasteiger partial charge < -0.3 is 24.4 Å². The van der Waals surface area contributed by atoms with Crippen LogP contribution in [0.3, 0.4) is 0 Å². The van der Waals surface area contributed by atoms with Crippen LogP contribution in [0.5, 0.6) is 0 Å². The Hall–Kier alpha value is -0.200. The molecule has 1 aliphatic rings. The molecule has 0 aliphatic carbocycles. The van der Waals surface area contributed by atoms with E-state index in [1.165, 1.54) is 0 Å². The summed E-state index contributed by atoms with van der Waals surface area (Å²) < 4.78 is 16.1. The van der Waals surface area contributed by atoms with Gasteiger partial charge in [-0.2, -0.15) is 0 Å². The third kappa shape index (κ3) is 3.89. The van der Waals surface area contributed by atoms with Crippen molar-refractivity contribution in [2.24, 2.45) is 5.92 Å². The van der Waals surface area contributed by atoms with Crippen LogP contribution in [0, 0.1) is 5.92 Å². The highest BCUT2D eigenvalue weighted by molar-refractivity contribution is 4.90. The van der Waals surface area contributed by atoms with Gasteiger partial charge in [-0.1, -0.05) is 0 Å². The molecule has 0 aromatic carbocycles. The van der Waals surface area contributed by atoms with Crippen molar-refractivity contribution in [3.63, 3.8) is 0 Å². The van der Waals surface area contributed by atoms with Crippen LogP contribution in [0.1, 0.15) is 20.8 Å². The maximum atomic E-state index is 10.1. The zero-order chi connectivity index (χ0) is 13.0. The molecule has 5 heteroatoms. The van der Waals surface area contributed by atoms with E-state index in [1.807, 2.05) is 20.8 Å². The van der Waals surface area contributed by atoms with E-state index in [0.717, 1.165) is 0 Å². The van der Waals surface area contributed by atoms with Gasteiger partial charge in [-0.05, 0) is 20.8 Å². The summed E-state index contributed by atoms with van der Waals surface area (Å²) in [6.07, 6.45) is -2.29. The monoisotopic (exact) mass is 248 g/mol. The number of aliphatic hydroxyl groups excluding tert-OH is 2. The molecule has 0 amide bonds. The molecular formula is C12H24O5. The standard InChI is InChI=1S/C12H24O5/c1-7(2)16-5-9-8(3)17-10(6-15-4)12(14)11(9)13/h7-14H,5-6H2,1-4H3/t8?,9-,10-,11?,12?/m0/s1. The Labute approximate surface area is 103 Å². The van der Waals surface area contributed by atoms with E-state index in [0.29, 0.717) is 6.61 Å². The van der Waals surface area contributed by atoms with Gasteiger partial charge in [0.15, 0.2) is 0 Å². The van der Waals surface area contributed by atoms with Crippen LogP contribution in [0.4, 0.5) is 0 Å². The maximum Gasteiger partial charge on any atom is 0.110 e. The van der Waals surface area contributed by atoms with E-state index in [9.17, 15) is 10.2 Å². The first-order valence-electron chi connectivity index (χ1n) is 6.09. The summed E-state index contributed by atoms with van der Waals surface area (Å²) in [7, 11) is 1.54. The number of hydrogen-bond donors (Lipinski definition) is 2. The number of rotatable bonds is 5. The van der Waals surface area contributed by atoms with E-state index in [1.54, 1.807) is 7.11 Å². The Morgan fingerprint density at radius 3 is 2.35 bits per heavy atom. The van der Waals surface area contributed by atoms with Crippen molar-refractivity contribution in [1.82, 2.24) is 0 Å². The van der Waals surface area contributed by atoms with Gasteiger partial charge in [0.2, 0.25) is 0 Å². The topological polar surface area (TPSA) is 68.2 Å². The summed E-state index contributed by atoms with van der Waals surface area (Å²) in [4.78, 5) is 0. The number of ether oxygens (including phenoxy) is 3. The molecule has 0 aromatic rings. The van der Waals surface area contributed by atoms with Crippen molar-refractivity contribution in [2.45, 2.75) is 51.3 Å². The van der Waals surface area contributed by atoms with Crippen LogP contribution in [-0.2, 0) is 14.2 Å². The zero-order valence-electron chi connectivity index (χ0n) is 11.0. The van der Waals surface area contributed by atoms with Gasteiger partial charge in [0.05, 0.1) is 31.5 Å². The van der Waals surface area contributed by atoms with Gasteiger partial charge in [0, 0.05) is 13.0 Å². The van der Waals surface area contributed by atoms with Gasteiger partial charge in [-0.15, -0.1) is 0 Å². The molecule has 1 rings (SSSR count). The summed E-state index contributed by atoms with van der Waals surface area (Å²) in [5, 5.41) is 20.0. The second-order valence-electron chi connectivity index (χ2n) is 4.86. The highest BCUT2D eigenvalue weighted by Crippen LogP contribution is 2.26. The molecule has 1 aliphatic heterocycles. The summed E-state index contributed by atoms with van der Waals surface area (Å²) >= 11 is 0. The lowest BCUT2D eigenvalue weighted by atomic mass is 9.88. The van der Waals surface area contributed by atoms with Gasteiger partial charge in [-0.25, -0.2) is 0 Å². The predicted molar refractivity (Wildman–Crippen MR) is 62.8 cm³/mol. The molecule has 2 N–H and O–H groups in total. The molecule has 0 spiro atoms. The first-order chi connectivity index (χ1) is 7.97. The average Bonchev–Trinajstić information content (AvgIpc) is 2.25. The lowest BCUT2D eigenvalue weighted by Crippen LogP contribution is -2.56. The number of aliphatic hydroxyl groups is 2. The largest absolute Gasteiger partial charge is 0.390 e. The summed E-state index contributed by atoms with van der Waals surface area (Å²) in [6.45, 7) is 6.42. The minimum Gasteiger partial charge on any atom is -0.390 e. The van der Waals surface area contributed by atoms with Gasteiger partial charge in [0.1, 0.15) is 12.2 Å². The molecule has 1 fully saturated rings. The molecular weight excluding hydrogens is 224 g/mol. The lowest BCUT2D eigenvalue weighted by Gasteiger charge is -2.41. The average molecular weight is 248 g/mol. The van der Waals surface area contributed by atoms with Crippen molar-refractivity contribution in [2.75, 3.05) is 20.3 Å². The van der Waals surface area contributed by atoms with Crippen molar-refractivity contribution < 1.29 is 24.4 Å². The van der Waals surface area contributed by atoms with Crippen LogP contribution in [0.25, 0.3) is 0 Å². The van der Waals surface area contributed by atoms with E-state index in [4.69, 9.17) is 14.2 Å². The molecule has 17 heavy (non-hydrogen) atoms. The van der Waals surface area contributed by atoms with Gasteiger partial charge in [0.25, 0.3) is 0 Å². The van der Waals surface area contributed by atoms with E-state index < -0.39 is 18.3 Å². The van der Waals surface area contributed by atoms with Crippen LogP contribution < -0.4 is 0 Å². The number of methoxy groups -OCH3 is 1. The second-order valence-corrected chi connectivity index (χ2v) is 4.86. The van der Waals surface area contributed by atoms with Crippen LogP contribution in [-0.4, -0.2) is 61.1 Å². The molecule has 102 valence electrons. The molecule has 0 bridgehead atoms. The van der Waals surface area contributed by atoms with Crippen molar-refractivity contribution in [3.8, 4) is 0 Å². The Morgan fingerprint density at radius 1 is 1.18 bits per heavy atom. The Kier molecular flexibility index (Phi) is 5.82. The van der Waals surface area contributed by atoms with Crippen molar-refractivity contribution >= 4 is 0 Å². The molecule has 0 radical (unpaired) electrons. The fraction of sp³-hybridized carbons (Fsp3) is 1.00. The quantitative estimate of drug-likeness (QED) is 0.726. The molecule has 1 heterocycles. The number of hydrogen-bond acceptors (Lipinski definition) is 5. The zero-order valence-corrected chi connectivity index (χ0v) is 11.0. The minimum atomic E-state index is -0.924. The Bertz CT molecular complexity index is 221. The smallest absolute Gasteiger partial charge is 0.110 e. The maximum absolute atomic E-state index is 10.1. The molecule has 0 saturated carbocycles. The van der Waals surface area contributed by atoms with Crippen LogP contribution in [0.2, 0.25) is 0 Å². The summed E-state index contributed by atoms with van der Waals surface area (Å²) in [5.74, 6) is -0.208. The third-order valence-electron chi connectivity index (χ3n) is 3.11. The van der Waals surface area contributed by atoms with Gasteiger partial charge >= 0.3 is 0 Å². The summed E-state index contributed by atoms with van der Waals surface area (Å²) in [5.41, 5.74) is 0. The van der Waals surface area contributed by atoms with Gasteiger partial charge in [-0.3, -0.25) is 0 Å². The second kappa shape index (κ2) is 6.66. The van der Waals surface area contributed by atoms with Crippen molar-refractivity contribution in [1.29, 1.82) is 0 Å². The SMILES string of the molecule is COC[C@@H]1OC(C)[C@H](COC(C)C)C(O)C1O. The highest BCUT2D eigenvalue weighted by Gasteiger charge is 2.42. The van der Waals surface area contributed by atoms with Crippen LogP contribution in [0.15, 0.2) is 0 Å². The first-order valence-corrected chi connectivity index (χ1v) is 6.09. The van der Waals surface area contributed by atoms with E-state index >= 15 is 0 Å². The van der Waals surface area contributed by atoms with E-state index in [2.05, 4.69) is 0 Å². The predicted octanol–water partition coefficient (Wildman–Crippen LogP) is 0.183. The third-order valence-corrected chi connectivity index (χ3v) is 3.11. The van der Waals surface area contributed by atoms with Crippen LogP contribution >= 0.6 is 0 Å². The lowest BCUT2D eigenvalue weighted by molar-refractivity contribution is -0.217. The minimum absolute atomic E-state index is 0.100. The molecule has 1 saturated heterocycles. The van der Waals surface area contributed by atoms with Crippen molar-refractivity contribution in [3.05, 3.63) is 0 Å².